The van der Waals surface area contributed by atoms with E-state index in [-0.39, 0.29) is 0 Å². The molecule has 0 radical (unpaired) electrons. The number of rotatable bonds is 7. The summed E-state index contributed by atoms with van der Waals surface area (Å²) < 4.78 is 15.1. The largest absolute Gasteiger partial charge is 0.492 e. The Balaban J connectivity index is 2.80. The van der Waals surface area contributed by atoms with Gasteiger partial charge in [0.25, 0.3) is 0 Å². The van der Waals surface area contributed by atoms with Gasteiger partial charge in [0.05, 0.1) is 20.8 Å². The Labute approximate surface area is 110 Å². The Bertz CT molecular complexity index is 406. The van der Waals surface area contributed by atoms with Gasteiger partial charge in [-0.2, -0.15) is 0 Å². The topological polar surface area (TPSA) is 82.8 Å². The van der Waals surface area contributed by atoms with E-state index in [9.17, 15) is 4.79 Å². The summed E-state index contributed by atoms with van der Waals surface area (Å²) in [6.07, 6.45) is 0. The first-order valence-corrected chi connectivity index (χ1v) is 6.33. The molecule has 1 aromatic heterocycles. The maximum Gasteiger partial charge on any atom is 0.350 e. The van der Waals surface area contributed by atoms with Crippen molar-refractivity contribution in [3.63, 3.8) is 0 Å². The highest BCUT2D eigenvalue weighted by molar-refractivity contribution is 7.19. The van der Waals surface area contributed by atoms with Crippen molar-refractivity contribution in [3.05, 3.63) is 4.88 Å². The molecule has 0 aromatic carbocycles. The summed E-state index contributed by atoms with van der Waals surface area (Å²) >= 11 is 1.21. The molecule has 1 heterocycles. The lowest BCUT2D eigenvalue weighted by Crippen LogP contribution is -2.08. The van der Waals surface area contributed by atoms with Gasteiger partial charge in [0.2, 0.25) is 0 Å². The number of carbonyl (C=O) groups excluding carboxylic acids is 1. The van der Waals surface area contributed by atoms with Crippen molar-refractivity contribution in [1.82, 2.24) is 0 Å². The van der Waals surface area contributed by atoms with Crippen LogP contribution >= 0.6 is 11.3 Å². The fraction of sp³-hybridized carbons (Fsp3) is 0.545. The third-order valence-corrected chi connectivity index (χ3v) is 3.34. The zero-order valence-electron chi connectivity index (χ0n) is 10.7. The number of esters is 1. The lowest BCUT2D eigenvalue weighted by Gasteiger charge is -2.06. The molecule has 102 valence electrons. The first-order valence-electron chi connectivity index (χ1n) is 5.51. The highest BCUT2D eigenvalue weighted by Crippen LogP contribution is 2.42. The first-order chi connectivity index (χ1) is 8.65. The van der Waals surface area contributed by atoms with E-state index in [0.29, 0.717) is 41.1 Å². The number of thiophene rings is 1. The van der Waals surface area contributed by atoms with E-state index in [1.807, 2.05) is 6.92 Å². The second kappa shape index (κ2) is 7.07. The Morgan fingerprint density at radius 2 is 2.17 bits per heavy atom. The van der Waals surface area contributed by atoms with Crippen LogP contribution in [0.2, 0.25) is 0 Å². The predicted octanol–water partition coefficient (Wildman–Crippen LogP) is 1.57. The molecule has 0 aliphatic rings. The number of hydrogen-bond donors (Lipinski definition) is 2. The molecule has 0 fully saturated rings. The minimum Gasteiger partial charge on any atom is -0.492 e. The van der Waals surface area contributed by atoms with Gasteiger partial charge in [0.15, 0.2) is 5.75 Å². The third-order valence-electron chi connectivity index (χ3n) is 2.21. The zero-order chi connectivity index (χ0) is 13.5. The zero-order valence-corrected chi connectivity index (χ0v) is 11.6. The molecule has 0 saturated heterocycles. The van der Waals surface area contributed by atoms with E-state index in [0.717, 1.165) is 0 Å². The number of nitrogen functional groups attached to an aromatic ring is 1. The first kappa shape index (κ1) is 14.6. The molecule has 0 spiro atoms. The van der Waals surface area contributed by atoms with Crippen LogP contribution < -0.4 is 15.8 Å². The summed E-state index contributed by atoms with van der Waals surface area (Å²) in [5.74, 6) is 0.00515. The molecule has 1 aromatic rings. The maximum absolute atomic E-state index is 11.5. The number of carbonyl (C=O) groups is 1. The summed E-state index contributed by atoms with van der Waals surface area (Å²) in [4.78, 5) is 11.8. The molecule has 0 aliphatic carbocycles. The van der Waals surface area contributed by atoms with Gasteiger partial charge >= 0.3 is 5.97 Å². The van der Waals surface area contributed by atoms with Crippen molar-refractivity contribution in [2.45, 2.75) is 6.92 Å². The summed E-state index contributed by atoms with van der Waals surface area (Å²) in [7, 11) is 2.82. The fourth-order valence-electron chi connectivity index (χ4n) is 1.37. The number of nitrogens with one attached hydrogen (secondary N) is 1. The van der Waals surface area contributed by atoms with Crippen LogP contribution in [0.5, 0.6) is 5.75 Å². The van der Waals surface area contributed by atoms with Gasteiger partial charge in [-0.1, -0.05) is 0 Å². The van der Waals surface area contributed by atoms with E-state index >= 15 is 0 Å². The lowest BCUT2D eigenvalue weighted by atomic mass is 10.3. The van der Waals surface area contributed by atoms with Gasteiger partial charge in [-0.05, 0) is 6.92 Å². The van der Waals surface area contributed by atoms with E-state index in [4.69, 9.17) is 15.2 Å². The van der Waals surface area contributed by atoms with Gasteiger partial charge < -0.3 is 25.3 Å². The van der Waals surface area contributed by atoms with Crippen molar-refractivity contribution >= 4 is 28.0 Å². The molecule has 0 bridgehead atoms. The molecule has 0 amide bonds. The van der Waals surface area contributed by atoms with E-state index in [1.165, 1.54) is 25.6 Å². The predicted molar refractivity (Wildman–Crippen MR) is 71.6 cm³/mol. The van der Waals surface area contributed by atoms with Crippen LogP contribution in [0.4, 0.5) is 10.7 Å². The minimum atomic E-state index is -0.464. The summed E-state index contributed by atoms with van der Waals surface area (Å²) in [6.45, 7) is 3.79. The Hall–Kier alpha value is -1.47. The highest BCUT2D eigenvalue weighted by atomic mass is 32.1. The molecule has 18 heavy (non-hydrogen) atoms. The van der Waals surface area contributed by atoms with Gasteiger partial charge in [0, 0.05) is 13.2 Å². The molecule has 1 rings (SSSR count). The standard InChI is InChI=1S/C11H18N2O4S/c1-4-17-6-5-13-10-8(15-2)7(12)9(18-10)11(14)16-3/h13H,4-6,12H2,1-3H3. The monoisotopic (exact) mass is 274 g/mol. The number of ether oxygens (including phenoxy) is 3. The van der Waals surface area contributed by atoms with Crippen LogP contribution in [0.3, 0.4) is 0 Å². The van der Waals surface area contributed by atoms with Crippen molar-refractivity contribution in [3.8, 4) is 5.75 Å². The van der Waals surface area contributed by atoms with E-state index in [1.54, 1.807) is 0 Å². The summed E-state index contributed by atoms with van der Waals surface area (Å²) in [5, 5.41) is 3.82. The van der Waals surface area contributed by atoms with Crippen LogP contribution in [0.15, 0.2) is 0 Å². The normalized spacial score (nSPS) is 10.2. The molecule has 3 N–H and O–H groups in total. The minimum absolute atomic E-state index is 0.299. The third kappa shape index (κ3) is 3.27. The number of nitrogens with two attached hydrogens (primary N) is 1. The Morgan fingerprint density at radius 1 is 1.44 bits per heavy atom. The number of hydrogen-bond acceptors (Lipinski definition) is 7. The fourth-order valence-corrected chi connectivity index (χ4v) is 2.41. The molecule has 0 aliphatic heterocycles. The summed E-state index contributed by atoms with van der Waals surface area (Å²) in [6, 6.07) is 0. The summed E-state index contributed by atoms with van der Waals surface area (Å²) in [5.41, 5.74) is 6.13. The van der Waals surface area contributed by atoms with E-state index < -0.39 is 5.97 Å². The van der Waals surface area contributed by atoms with Gasteiger partial charge in [-0.3, -0.25) is 0 Å². The quantitative estimate of drug-likeness (QED) is 0.580. The Morgan fingerprint density at radius 3 is 2.72 bits per heavy atom. The smallest absolute Gasteiger partial charge is 0.350 e. The molecule has 0 atom stereocenters. The SMILES string of the molecule is CCOCCNc1sc(C(=O)OC)c(N)c1OC. The molecule has 7 heteroatoms. The maximum atomic E-state index is 11.5. The molecular weight excluding hydrogens is 256 g/mol. The highest BCUT2D eigenvalue weighted by Gasteiger charge is 2.22. The Kier molecular flexibility index (Phi) is 5.73. The lowest BCUT2D eigenvalue weighted by molar-refractivity contribution is 0.0607. The molecule has 0 saturated carbocycles. The van der Waals surface area contributed by atoms with Crippen LogP contribution in [-0.4, -0.2) is 39.9 Å². The molecule has 6 nitrogen and oxygen atoms in total. The van der Waals surface area contributed by atoms with Crippen LogP contribution in [-0.2, 0) is 9.47 Å². The van der Waals surface area contributed by atoms with Crippen LogP contribution in [0.25, 0.3) is 0 Å². The second-order valence-corrected chi connectivity index (χ2v) is 4.34. The van der Waals surface area contributed by atoms with Crippen molar-refractivity contribution in [2.24, 2.45) is 0 Å². The average Bonchev–Trinajstić information content (AvgIpc) is 2.70. The van der Waals surface area contributed by atoms with Crippen LogP contribution in [0, 0.1) is 0 Å². The van der Waals surface area contributed by atoms with Gasteiger partial charge in [-0.15, -0.1) is 11.3 Å². The number of anilines is 2. The van der Waals surface area contributed by atoms with Gasteiger partial charge in [0.1, 0.15) is 15.6 Å². The molecule has 0 unspecified atom stereocenters. The molecular formula is C11H18N2O4S. The number of methoxy groups -OCH3 is 2. The van der Waals surface area contributed by atoms with Crippen molar-refractivity contribution < 1.29 is 19.0 Å². The second-order valence-electron chi connectivity index (χ2n) is 3.32. The van der Waals surface area contributed by atoms with Gasteiger partial charge in [-0.25, -0.2) is 4.79 Å². The van der Waals surface area contributed by atoms with Crippen molar-refractivity contribution in [1.29, 1.82) is 0 Å². The van der Waals surface area contributed by atoms with Crippen molar-refractivity contribution in [2.75, 3.05) is 45.0 Å². The van der Waals surface area contributed by atoms with Crippen LogP contribution in [0.1, 0.15) is 16.6 Å². The average molecular weight is 274 g/mol. The van der Waals surface area contributed by atoms with E-state index in [2.05, 4.69) is 10.1 Å².